The molecule has 0 atom stereocenters. The minimum atomic E-state index is -1.42. The number of carbonyl (C=O) groups is 2. The maximum absolute atomic E-state index is 11.8. The van der Waals surface area contributed by atoms with E-state index in [4.69, 9.17) is 16.7 Å². The van der Waals surface area contributed by atoms with Gasteiger partial charge in [0.05, 0.1) is 0 Å². The van der Waals surface area contributed by atoms with E-state index in [0.717, 1.165) is 4.63 Å². The zero-order chi connectivity index (χ0) is 14.2. The SMILES string of the molecule is CC(C)(NC(=O)c1nc2ccc(Cl)nn2n1)C(=O)O. The molecule has 0 bridgehead atoms. The molecule has 2 rings (SSSR count). The Bertz CT molecular complexity index is 666. The standard InChI is InChI=1S/C10H10ClN5O3/c1-10(2,9(18)19)13-8(17)7-12-6-4-3-5(11)14-16(6)15-7/h3-4H,1-2H3,(H,13,17)(H,18,19). The molecule has 0 saturated carbocycles. The third-order valence-corrected chi connectivity index (χ3v) is 2.54. The first-order valence-electron chi connectivity index (χ1n) is 5.25. The van der Waals surface area contributed by atoms with Gasteiger partial charge in [0.2, 0.25) is 5.82 Å². The van der Waals surface area contributed by atoms with Crippen LogP contribution in [0.15, 0.2) is 12.1 Å². The third kappa shape index (κ3) is 2.63. The number of nitrogens with zero attached hydrogens (tertiary/aromatic N) is 4. The lowest BCUT2D eigenvalue weighted by Gasteiger charge is -2.19. The van der Waals surface area contributed by atoms with Crippen molar-refractivity contribution in [3.63, 3.8) is 0 Å². The van der Waals surface area contributed by atoms with Gasteiger partial charge in [0.15, 0.2) is 10.8 Å². The third-order valence-electron chi connectivity index (χ3n) is 2.34. The molecule has 19 heavy (non-hydrogen) atoms. The number of carbonyl (C=O) groups excluding carboxylic acids is 1. The summed E-state index contributed by atoms with van der Waals surface area (Å²) in [7, 11) is 0. The van der Waals surface area contributed by atoms with Crippen LogP contribution in [-0.4, -0.2) is 42.3 Å². The summed E-state index contributed by atoms with van der Waals surface area (Å²) in [6.45, 7) is 2.72. The van der Waals surface area contributed by atoms with Crippen molar-refractivity contribution in [1.29, 1.82) is 0 Å². The van der Waals surface area contributed by atoms with Gasteiger partial charge >= 0.3 is 5.97 Å². The molecule has 9 heteroatoms. The summed E-state index contributed by atoms with van der Waals surface area (Å²) >= 11 is 5.68. The van der Waals surface area contributed by atoms with Crippen molar-refractivity contribution in [1.82, 2.24) is 25.1 Å². The average molecular weight is 284 g/mol. The Kier molecular flexibility index (Phi) is 3.11. The monoisotopic (exact) mass is 283 g/mol. The number of hydrogen-bond acceptors (Lipinski definition) is 5. The van der Waals surface area contributed by atoms with Gasteiger partial charge in [0.1, 0.15) is 5.54 Å². The van der Waals surface area contributed by atoms with Crippen LogP contribution in [0.5, 0.6) is 0 Å². The first-order chi connectivity index (χ1) is 8.79. The molecule has 0 saturated heterocycles. The zero-order valence-electron chi connectivity index (χ0n) is 10.1. The Morgan fingerprint density at radius 1 is 1.37 bits per heavy atom. The van der Waals surface area contributed by atoms with E-state index in [1.54, 1.807) is 6.07 Å². The molecule has 100 valence electrons. The average Bonchev–Trinajstić information content (AvgIpc) is 2.71. The summed E-state index contributed by atoms with van der Waals surface area (Å²) in [5, 5.41) is 19.1. The predicted octanol–water partition coefficient (Wildman–Crippen LogP) is 0.371. The highest BCUT2D eigenvalue weighted by atomic mass is 35.5. The fourth-order valence-electron chi connectivity index (χ4n) is 1.25. The van der Waals surface area contributed by atoms with Gasteiger partial charge in [0.25, 0.3) is 5.91 Å². The van der Waals surface area contributed by atoms with E-state index < -0.39 is 17.4 Å². The van der Waals surface area contributed by atoms with Crippen LogP contribution in [0.4, 0.5) is 0 Å². The maximum Gasteiger partial charge on any atom is 0.328 e. The second-order valence-corrected chi connectivity index (χ2v) is 4.71. The van der Waals surface area contributed by atoms with E-state index in [-0.39, 0.29) is 11.0 Å². The van der Waals surface area contributed by atoms with Crippen LogP contribution in [0.2, 0.25) is 5.15 Å². The van der Waals surface area contributed by atoms with Gasteiger partial charge in [-0.05, 0) is 26.0 Å². The van der Waals surface area contributed by atoms with Crippen LogP contribution in [0.3, 0.4) is 0 Å². The van der Waals surface area contributed by atoms with Gasteiger partial charge in [-0.3, -0.25) is 4.79 Å². The largest absolute Gasteiger partial charge is 0.480 e. The molecule has 0 radical (unpaired) electrons. The number of rotatable bonds is 3. The summed E-state index contributed by atoms with van der Waals surface area (Å²) in [5.41, 5.74) is -1.08. The highest BCUT2D eigenvalue weighted by Crippen LogP contribution is 2.07. The second-order valence-electron chi connectivity index (χ2n) is 4.32. The van der Waals surface area contributed by atoms with Gasteiger partial charge < -0.3 is 10.4 Å². The summed E-state index contributed by atoms with van der Waals surface area (Å²) in [6, 6.07) is 3.05. The Morgan fingerprint density at radius 3 is 2.68 bits per heavy atom. The quantitative estimate of drug-likeness (QED) is 0.842. The highest BCUT2D eigenvalue weighted by molar-refractivity contribution is 6.29. The molecule has 0 fully saturated rings. The van der Waals surface area contributed by atoms with E-state index in [1.807, 2.05) is 0 Å². The Morgan fingerprint density at radius 2 is 2.05 bits per heavy atom. The van der Waals surface area contributed by atoms with E-state index in [9.17, 15) is 9.59 Å². The number of aliphatic carboxylic acids is 1. The first kappa shape index (κ1) is 13.2. The molecule has 0 spiro atoms. The normalized spacial score (nSPS) is 11.5. The van der Waals surface area contributed by atoms with Crippen molar-refractivity contribution in [3.8, 4) is 0 Å². The van der Waals surface area contributed by atoms with Crippen molar-refractivity contribution in [2.45, 2.75) is 19.4 Å². The van der Waals surface area contributed by atoms with Gasteiger partial charge in [-0.2, -0.15) is 0 Å². The molecule has 2 N–H and O–H groups in total. The van der Waals surface area contributed by atoms with E-state index >= 15 is 0 Å². The molecule has 0 aliphatic carbocycles. The lowest BCUT2D eigenvalue weighted by molar-refractivity contribution is -0.143. The number of carboxylic acids is 1. The van der Waals surface area contributed by atoms with Gasteiger partial charge in [-0.15, -0.1) is 14.8 Å². The summed E-state index contributed by atoms with van der Waals surface area (Å²) in [6.07, 6.45) is 0. The number of aromatic nitrogens is 4. The topological polar surface area (TPSA) is 109 Å². The highest BCUT2D eigenvalue weighted by Gasteiger charge is 2.30. The molecule has 0 aromatic carbocycles. The molecular formula is C10H10ClN5O3. The summed E-state index contributed by atoms with van der Waals surface area (Å²) in [5.74, 6) is -2.04. The molecule has 2 aromatic heterocycles. The molecule has 1 amide bonds. The molecular weight excluding hydrogens is 274 g/mol. The molecule has 2 aromatic rings. The van der Waals surface area contributed by atoms with E-state index in [2.05, 4.69) is 20.5 Å². The number of nitrogens with one attached hydrogen (secondary N) is 1. The number of fused-ring (bicyclic) bond motifs is 1. The molecule has 0 aliphatic heterocycles. The fourth-order valence-corrected chi connectivity index (χ4v) is 1.39. The summed E-state index contributed by atoms with van der Waals surface area (Å²) in [4.78, 5) is 26.7. The Hall–Kier alpha value is -2.22. The minimum absolute atomic E-state index is 0.177. The van der Waals surface area contributed by atoms with Crippen LogP contribution in [0, 0.1) is 0 Å². The first-order valence-corrected chi connectivity index (χ1v) is 5.63. The van der Waals surface area contributed by atoms with Crippen molar-refractivity contribution in [2.24, 2.45) is 0 Å². The van der Waals surface area contributed by atoms with Crippen LogP contribution >= 0.6 is 11.6 Å². The molecule has 2 heterocycles. The predicted molar refractivity (Wildman–Crippen MR) is 65.0 cm³/mol. The number of carboxylic acid groups (broad SMARTS) is 1. The number of amides is 1. The molecule has 8 nitrogen and oxygen atoms in total. The van der Waals surface area contributed by atoms with Crippen molar-refractivity contribution in [3.05, 3.63) is 23.1 Å². The van der Waals surface area contributed by atoms with Crippen LogP contribution in [-0.2, 0) is 4.79 Å². The van der Waals surface area contributed by atoms with Gasteiger partial charge in [-0.1, -0.05) is 11.6 Å². The molecule has 0 aliphatic rings. The number of hydrogen-bond donors (Lipinski definition) is 2. The van der Waals surface area contributed by atoms with Crippen molar-refractivity contribution in [2.75, 3.05) is 0 Å². The Balaban J connectivity index is 2.29. The smallest absolute Gasteiger partial charge is 0.328 e. The van der Waals surface area contributed by atoms with E-state index in [1.165, 1.54) is 19.9 Å². The van der Waals surface area contributed by atoms with E-state index in [0.29, 0.717) is 5.65 Å². The van der Waals surface area contributed by atoms with Crippen LogP contribution in [0.1, 0.15) is 24.5 Å². The maximum atomic E-state index is 11.8. The minimum Gasteiger partial charge on any atom is -0.480 e. The van der Waals surface area contributed by atoms with Gasteiger partial charge in [0, 0.05) is 0 Å². The Labute approximate surface area is 112 Å². The zero-order valence-corrected chi connectivity index (χ0v) is 10.8. The van der Waals surface area contributed by atoms with Crippen LogP contribution in [0.25, 0.3) is 5.65 Å². The van der Waals surface area contributed by atoms with Crippen molar-refractivity contribution >= 4 is 29.1 Å². The summed E-state index contributed by atoms with van der Waals surface area (Å²) < 4.78 is 1.10. The lowest BCUT2D eigenvalue weighted by atomic mass is 10.1. The van der Waals surface area contributed by atoms with Crippen LogP contribution < -0.4 is 5.32 Å². The fraction of sp³-hybridized carbons (Fsp3) is 0.300. The second kappa shape index (κ2) is 4.47. The number of halogens is 1. The molecule has 0 unspecified atom stereocenters. The lowest BCUT2D eigenvalue weighted by Crippen LogP contribution is -2.49. The van der Waals surface area contributed by atoms with Crippen molar-refractivity contribution < 1.29 is 14.7 Å². The van der Waals surface area contributed by atoms with Gasteiger partial charge in [-0.25, -0.2) is 9.78 Å².